The first-order valence-corrected chi connectivity index (χ1v) is 7.34. The molecule has 1 heterocycles. The molecule has 122 valence electrons. The van der Waals surface area contributed by atoms with Crippen LogP contribution in [0, 0.1) is 0 Å². The maximum atomic E-state index is 11.9. The van der Waals surface area contributed by atoms with Crippen molar-refractivity contribution in [1.29, 1.82) is 0 Å². The van der Waals surface area contributed by atoms with Crippen LogP contribution in [0.1, 0.15) is 24.2 Å². The fraction of sp³-hybridized carbons (Fsp3) is 0.375. The van der Waals surface area contributed by atoms with Crippen LogP contribution in [0.4, 0.5) is 0 Å². The summed E-state index contributed by atoms with van der Waals surface area (Å²) in [4.78, 5) is 23.0. The Balaban J connectivity index is 1.79. The van der Waals surface area contributed by atoms with Gasteiger partial charge in [-0.1, -0.05) is 18.7 Å². The number of benzene rings is 1. The molecule has 1 aromatic rings. The molecule has 1 aromatic carbocycles. The summed E-state index contributed by atoms with van der Waals surface area (Å²) >= 11 is 0. The average Bonchev–Trinajstić information content (AvgIpc) is 2.97. The number of carbonyl (C=O) groups is 2. The van der Waals surface area contributed by atoms with E-state index in [1.54, 1.807) is 31.2 Å². The van der Waals surface area contributed by atoms with Crippen molar-refractivity contribution in [2.24, 2.45) is 0 Å². The van der Waals surface area contributed by atoms with Crippen LogP contribution in [0.5, 0.6) is 0 Å². The highest BCUT2D eigenvalue weighted by Crippen LogP contribution is 2.09. The van der Waals surface area contributed by atoms with Gasteiger partial charge < -0.3 is 18.8 Å². The minimum Gasteiger partial charge on any atom is -0.459 e. The summed E-state index contributed by atoms with van der Waals surface area (Å²) in [5.41, 5.74) is 1.56. The number of hydrogen-bond acceptors (Lipinski definition) is 6. The van der Waals surface area contributed by atoms with Crippen LogP contribution < -0.4 is 5.46 Å². The molecule has 7 heteroatoms. The molecule has 0 bridgehead atoms. The third kappa shape index (κ3) is 4.94. The fourth-order valence-electron chi connectivity index (χ4n) is 1.94. The van der Waals surface area contributed by atoms with E-state index in [0.717, 1.165) is 5.46 Å². The molecule has 0 amide bonds. The largest absolute Gasteiger partial charge is 0.494 e. The van der Waals surface area contributed by atoms with Gasteiger partial charge in [0.15, 0.2) is 0 Å². The van der Waals surface area contributed by atoms with Crippen molar-refractivity contribution >= 4 is 24.5 Å². The number of carbonyl (C=O) groups excluding carboxylic acids is 2. The lowest BCUT2D eigenvalue weighted by Gasteiger charge is -2.08. The molecule has 1 saturated heterocycles. The quantitative estimate of drug-likeness (QED) is 0.338. The summed E-state index contributed by atoms with van der Waals surface area (Å²) < 4.78 is 20.9. The second-order valence-corrected chi connectivity index (χ2v) is 5.29. The minimum atomic E-state index is -0.504. The molecule has 2 rings (SSSR count). The highest BCUT2D eigenvalue weighted by molar-refractivity contribution is 6.61. The van der Waals surface area contributed by atoms with Crippen LogP contribution in [0.2, 0.25) is 0 Å². The monoisotopic (exact) mass is 318 g/mol. The summed E-state index contributed by atoms with van der Waals surface area (Å²) in [6.45, 7) is 7.49. The van der Waals surface area contributed by atoms with Crippen molar-refractivity contribution in [3.63, 3.8) is 0 Å². The van der Waals surface area contributed by atoms with Gasteiger partial charge >= 0.3 is 19.1 Å². The predicted molar refractivity (Wildman–Crippen MR) is 84.4 cm³/mol. The van der Waals surface area contributed by atoms with Crippen molar-refractivity contribution in [2.45, 2.75) is 20.0 Å². The van der Waals surface area contributed by atoms with Gasteiger partial charge in [0.1, 0.15) is 13.2 Å². The Morgan fingerprint density at radius 3 is 2.48 bits per heavy atom. The molecule has 1 aliphatic rings. The number of ether oxygens (including phenoxy) is 2. The van der Waals surface area contributed by atoms with Gasteiger partial charge in [0.2, 0.25) is 0 Å². The Labute approximate surface area is 135 Å². The van der Waals surface area contributed by atoms with E-state index in [0.29, 0.717) is 17.7 Å². The van der Waals surface area contributed by atoms with Gasteiger partial charge in [-0.05, 0) is 31.4 Å². The molecular formula is C16H19BO6. The van der Waals surface area contributed by atoms with Crippen LogP contribution in [-0.2, 0) is 23.6 Å². The lowest BCUT2D eigenvalue weighted by atomic mass is 9.79. The Morgan fingerprint density at radius 2 is 1.91 bits per heavy atom. The van der Waals surface area contributed by atoms with E-state index in [2.05, 4.69) is 6.58 Å². The molecular weight excluding hydrogens is 299 g/mol. The molecule has 0 saturated carbocycles. The van der Waals surface area contributed by atoms with E-state index in [9.17, 15) is 9.59 Å². The molecule has 6 nitrogen and oxygen atoms in total. The summed E-state index contributed by atoms with van der Waals surface area (Å²) in [7, 11) is -0.392. The number of hydrogen-bond donors (Lipinski definition) is 0. The Hall–Kier alpha value is -2.12. The highest BCUT2D eigenvalue weighted by Gasteiger charge is 2.30. The van der Waals surface area contributed by atoms with Gasteiger partial charge in [0.05, 0.1) is 18.3 Å². The second-order valence-electron chi connectivity index (χ2n) is 5.29. The molecule has 23 heavy (non-hydrogen) atoms. The molecule has 1 fully saturated rings. The summed E-state index contributed by atoms with van der Waals surface area (Å²) in [6.07, 6.45) is 0.0616. The zero-order valence-corrected chi connectivity index (χ0v) is 13.2. The van der Waals surface area contributed by atoms with Crippen molar-refractivity contribution < 1.29 is 28.4 Å². The topological polar surface area (TPSA) is 71.1 Å². The van der Waals surface area contributed by atoms with Crippen LogP contribution in [0.3, 0.4) is 0 Å². The lowest BCUT2D eigenvalue weighted by molar-refractivity contribution is -0.140. The van der Waals surface area contributed by atoms with E-state index >= 15 is 0 Å². The third-order valence-corrected chi connectivity index (χ3v) is 3.15. The van der Waals surface area contributed by atoms with Gasteiger partial charge in [-0.3, -0.25) is 0 Å². The Bertz CT molecular complexity index is 583. The molecule has 1 unspecified atom stereocenters. The normalized spacial score (nSPS) is 17.0. The zero-order chi connectivity index (χ0) is 16.8. The SMILES string of the molecule is C=C(C)C(=O)OCCOC(=O)c1ccc(B2OCC(C)O2)cc1. The maximum Gasteiger partial charge on any atom is 0.494 e. The van der Waals surface area contributed by atoms with Gasteiger partial charge in [-0.15, -0.1) is 0 Å². The standard InChI is InChI=1S/C16H19BO6/c1-11(2)15(18)20-8-9-21-16(19)13-4-6-14(7-5-13)17-22-10-12(3)23-17/h4-7,12H,1,8-10H2,2-3H3. The van der Waals surface area contributed by atoms with Crippen LogP contribution >= 0.6 is 0 Å². The zero-order valence-electron chi connectivity index (χ0n) is 13.2. The van der Waals surface area contributed by atoms with Crippen LogP contribution in [0.15, 0.2) is 36.4 Å². The molecule has 0 aliphatic carbocycles. The van der Waals surface area contributed by atoms with E-state index in [1.807, 2.05) is 6.92 Å². The molecule has 1 aliphatic heterocycles. The first-order chi connectivity index (χ1) is 11.0. The van der Waals surface area contributed by atoms with Crippen molar-refractivity contribution in [1.82, 2.24) is 0 Å². The van der Waals surface area contributed by atoms with Crippen molar-refractivity contribution in [3.05, 3.63) is 42.0 Å². The highest BCUT2D eigenvalue weighted by atomic mass is 16.6. The van der Waals surface area contributed by atoms with Gasteiger partial charge in [0.25, 0.3) is 0 Å². The van der Waals surface area contributed by atoms with Crippen molar-refractivity contribution in [2.75, 3.05) is 19.8 Å². The molecule has 0 radical (unpaired) electrons. The van der Waals surface area contributed by atoms with E-state index in [1.165, 1.54) is 0 Å². The summed E-state index contributed by atoms with van der Waals surface area (Å²) in [6, 6.07) is 6.82. The molecule has 0 N–H and O–H groups in total. The summed E-state index contributed by atoms with van der Waals surface area (Å²) in [5, 5.41) is 0. The first-order valence-electron chi connectivity index (χ1n) is 7.34. The smallest absolute Gasteiger partial charge is 0.459 e. The minimum absolute atomic E-state index is 0.00282. The van der Waals surface area contributed by atoms with Gasteiger partial charge in [-0.25, -0.2) is 9.59 Å². The predicted octanol–water partition coefficient (Wildman–Crippen LogP) is 1.09. The second kappa shape index (κ2) is 7.94. The Kier molecular flexibility index (Phi) is 5.95. The first kappa shape index (κ1) is 17.2. The van der Waals surface area contributed by atoms with Crippen molar-refractivity contribution in [3.8, 4) is 0 Å². The molecule has 1 atom stereocenters. The van der Waals surface area contributed by atoms with Crippen LogP contribution in [0.25, 0.3) is 0 Å². The van der Waals surface area contributed by atoms with Crippen LogP contribution in [-0.4, -0.2) is 45.0 Å². The molecule has 0 aromatic heterocycles. The summed E-state index contributed by atoms with van der Waals surface area (Å²) in [5.74, 6) is -0.985. The van der Waals surface area contributed by atoms with E-state index < -0.39 is 19.1 Å². The molecule has 0 spiro atoms. The lowest BCUT2D eigenvalue weighted by Crippen LogP contribution is -2.32. The van der Waals surface area contributed by atoms with Gasteiger partial charge in [-0.2, -0.15) is 0 Å². The van der Waals surface area contributed by atoms with E-state index in [4.69, 9.17) is 18.8 Å². The average molecular weight is 318 g/mol. The number of esters is 2. The number of rotatable bonds is 6. The Morgan fingerprint density at radius 1 is 1.26 bits per heavy atom. The maximum absolute atomic E-state index is 11.9. The van der Waals surface area contributed by atoms with Gasteiger partial charge in [0, 0.05) is 5.57 Å². The fourth-order valence-corrected chi connectivity index (χ4v) is 1.94. The third-order valence-electron chi connectivity index (χ3n) is 3.15. The van der Waals surface area contributed by atoms with E-state index in [-0.39, 0.29) is 19.3 Å².